The van der Waals surface area contributed by atoms with Crippen molar-refractivity contribution in [3.63, 3.8) is 0 Å². The first-order valence-corrected chi connectivity index (χ1v) is 8.87. The summed E-state index contributed by atoms with van der Waals surface area (Å²) in [5.74, 6) is -0.335. The number of benzene rings is 2. The fourth-order valence-electron chi connectivity index (χ4n) is 3.07. The summed E-state index contributed by atoms with van der Waals surface area (Å²) in [6.45, 7) is 3.85. The minimum atomic E-state index is -1.10. The number of urea groups is 1. The first-order chi connectivity index (χ1) is 13.3. The summed E-state index contributed by atoms with van der Waals surface area (Å²) in [4.78, 5) is 37.9. The normalized spacial score (nSPS) is 18.8. The number of nitrogens with one attached hydrogen (secondary N) is 1. The minimum absolute atomic E-state index is 0.0918. The van der Waals surface area contributed by atoms with Gasteiger partial charge in [-0.1, -0.05) is 35.9 Å². The van der Waals surface area contributed by atoms with Crippen LogP contribution in [0.1, 0.15) is 28.4 Å². The molecule has 0 bridgehead atoms. The van der Waals surface area contributed by atoms with Crippen molar-refractivity contribution in [2.45, 2.75) is 19.4 Å². The van der Waals surface area contributed by atoms with Gasteiger partial charge in [0.05, 0.1) is 19.2 Å². The van der Waals surface area contributed by atoms with E-state index in [1.165, 1.54) is 7.11 Å². The third kappa shape index (κ3) is 3.69. The van der Waals surface area contributed by atoms with Gasteiger partial charge in [0.15, 0.2) is 0 Å². The van der Waals surface area contributed by atoms with Crippen molar-refractivity contribution < 1.29 is 23.9 Å². The molecule has 0 aromatic heterocycles. The molecule has 3 amide bonds. The highest BCUT2D eigenvalue weighted by atomic mass is 16.5. The molecule has 1 atom stereocenters. The molecular formula is C21H22N2O5. The number of ether oxygens (including phenoxy) is 2. The lowest BCUT2D eigenvalue weighted by molar-refractivity contribution is -0.131. The highest BCUT2D eigenvalue weighted by Crippen LogP contribution is 2.29. The van der Waals surface area contributed by atoms with Crippen molar-refractivity contribution in [3.05, 3.63) is 65.2 Å². The maximum Gasteiger partial charge on any atom is 0.337 e. The molecule has 0 saturated carbocycles. The van der Waals surface area contributed by atoms with E-state index in [0.717, 1.165) is 16.0 Å². The van der Waals surface area contributed by atoms with Crippen LogP contribution in [0.2, 0.25) is 0 Å². The Labute approximate surface area is 163 Å². The molecule has 0 radical (unpaired) electrons. The highest BCUT2D eigenvalue weighted by molar-refractivity contribution is 6.07. The molecule has 1 heterocycles. The minimum Gasteiger partial charge on any atom is -0.492 e. The van der Waals surface area contributed by atoms with Gasteiger partial charge in [-0.3, -0.25) is 9.69 Å². The zero-order valence-electron chi connectivity index (χ0n) is 16.0. The molecule has 0 aliphatic carbocycles. The van der Waals surface area contributed by atoms with E-state index in [1.54, 1.807) is 31.2 Å². The van der Waals surface area contributed by atoms with Crippen LogP contribution in [0.5, 0.6) is 5.75 Å². The molecule has 7 heteroatoms. The van der Waals surface area contributed by atoms with Crippen LogP contribution in [0, 0.1) is 6.92 Å². The van der Waals surface area contributed by atoms with Crippen molar-refractivity contribution in [1.29, 1.82) is 0 Å². The molecule has 28 heavy (non-hydrogen) atoms. The zero-order valence-corrected chi connectivity index (χ0v) is 16.0. The lowest BCUT2D eigenvalue weighted by Crippen LogP contribution is -2.41. The van der Waals surface area contributed by atoms with E-state index in [4.69, 9.17) is 4.74 Å². The van der Waals surface area contributed by atoms with Gasteiger partial charge in [0.2, 0.25) is 0 Å². The Bertz CT molecular complexity index is 909. The number of esters is 1. The van der Waals surface area contributed by atoms with Crippen LogP contribution in [0.4, 0.5) is 4.79 Å². The van der Waals surface area contributed by atoms with Gasteiger partial charge >= 0.3 is 12.0 Å². The smallest absolute Gasteiger partial charge is 0.337 e. The van der Waals surface area contributed by atoms with Crippen LogP contribution in [-0.4, -0.2) is 43.1 Å². The lowest BCUT2D eigenvalue weighted by Gasteiger charge is -2.22. The molecule has 0 unspecified atom stereocenters. The van der Waals surface area contributed by atoms with Crippen LogP contribution in [0.25, 0.3) is 0 Å². The number of carbonyl (C=O) groups excluding carboxylic acids is 3. The van der Waals surface area contributed by atoms with E-state index >= 15 is 0 Å². The Morgan fingerprint density at radius 3 is 2.54 bits per heavy atom. The number of hydrogen-bond acceptors (Lipinski definition) is 5. The van der Waals surface area contributed by atoms with Crippen LogP contribution in [-0.2, 0) is 15.1 Å². The van der Waals surface area contributed by atoms with Gasteiger partial charge in [0.25, 0.3) is 5.91 Å². The Balaban J connectivity index is 1.65. The van der Waals surface area contributed by atoms with Gasteiger partial charge in [-0.25, -0.2) is 9.59 Å². The standard InChI is InChI=1S/C21H22N2O5/c1-14-7-9-16(10-8-14)21(2)19(25)23(20(26)22-21)11-12-28-17-6-4-5-15(13-17)18(24)27-3/h4-10,13H,11-12H2,1-3H3,(H,22,26)/t21-/m0/s1. The van der Waals surface area contributed by atoms with Crippen molar-refractivity contribution in [1.82, 2.24) is 10.2 Å². The van der Waals surface area contributed by atoms with E-state index in [9.17, 15) is 14.4 Å². The van der Waals surface area contributed by atoms with E-state index in [0.29, 0.717) is 11.3 Å². The summed E-state index contributed by atoms with van der Waals surface area (Å²) >= 11 is 0. The van der Waals surface area contributed by atoms with Crippen LogP contribution < -0.4 is 10.1 Å². The monoisotopic (exact) mass is 382 g/mol. The molecule has 1 saturated heterocycles. The number of methoxy groups -OCH3 is 1. The number of aryl methyl sites for hydroxylation is 1. The maximum atomic E-state index is 12.9. The summed E-state index contributed by atoms with van der Waals surface area (Å²) in [5, 5.41) is 2.77. The van der Waals surface area contributed by atoms with Gasteiger partial charge < -0.3 is 14.8 Å². The molecule has 1 fully saturated rings. The Hall–Kier alpha value is -3.35. The van der Waals surface area contributed by atoms with Crippen LogP contribution >= 0.6 is 0 Å². The SMILES string of the molecule is COC(=O)c1cccc(OCCN2C(=O)N[C@@](C)(c3ccc(C)cc3)C2=O)c1. The maximum absolute atomic E-state index is 12.9. The molecule has 1 aliphatic heterocycles. The van der Waals surface area contributed by atoms with Gasteiger partial charge in [0, 0.05) is 0 Å². The molecule has 146 valence electrons. The third-order valence-electron chi connectivity index (χ3n) is 4.74. The number of amides is 3. The van der Waals surface area contributed by atoms with Crippen molar-refractivity contribution >= 4 is 17.9 Å². The number of carbonyl (C=O) groups is 3. The zero-order chi connectivity index (χ0) is 20.3. The van der Waals surface area contributed by atoms with Crippen molar-refractivity contribution in [2.75, 3.05) is 20.3 Å². The third-order valence-corrected chi connectivity index (χ3v) is 4.74. The lowest BCUT2D eigenvalue weighted by atomic mass is 9.91. The fourth-order valence-corrected chi connectivity index (χ4v) is 3.07. The van der Waals surface area contributed by atoms with Gasteiger partial charge in [-0.05, 0) is 37.6 Å². The quantitative estimate of drug-likeness (QED) is 0.613. The molecule has 0 spiro atoms. The van der Waals surface area contributed by atoms with Crippen molar-refractivity contribution in [3.8, 4) is 5.75 Å². The molecule has 1 N–H and O–H groups in total. The van der Waals surface area contributed by atoms with Crippen LogP contribution in [0.3, 0.4) is 0 Å². The first kappa shape index (κ1) is 19.4. The van der Waals surface area contributed by atoms with E-state index in [-0.39, 0.29) is 19.1 Å². The fraction of sp³-hybridized carbons (Fsp3) is 0.286. The summed E-state index contributed by atoms with van der Waals surface area (Å²) < 4.78 is 10.3. The van der Waals surface area contributed by atoms with Crippen molar-refractivity contribution in [2.24, 2.45) is 0 Å². The average Bonchev–Trinajstić information content (AvgIpc) is 2.92. The van der Waals surface area contributed by atoms with E-state index in [1.807, 2.05) is 31.2 Å². The average molecular weight is 382 g/mol. The molecule has 7 nitrogen and oxygen atoms in total. The van der Waals surface area contributed by atoms with Gasteiger partial charge in [0.1, 0.15) is 17.9 Å². The predicted octanol–water partition coefficient (Wildman–Crippen LogP) is 2.63. The summed E-state index contributed by atoms with van der Waals surface area (Å²) in [5.41, 5.74) is 1.06. The molecule has 1 aliphatic rings. The van der Waals surface area contributed by atoms with Gasteiger partial charge in [-0.2, -0.15) is 0 Å². The van der Waals surface area contributed by atoms with Gasteiger partial charge in [-0.15, -0.1) is 0 Å². The second-order valence-electron chi connectivity index (χ2n) is 6.75. The van der Waals surface area contributed by atoms with Crippen LogP contribution in [0.15, 0.2) is 48.5 Å². The number of imide groups is 1. The molecule has 2 aromatic rings. The Morgan fingerprint density at radius 2 is 1.86 bits per heavy atom. The predicted molar refractivity (Wildman–Crippen MR) is 102 cm³/mol. The molecule has 2 aromatic carbocycles. The Morgan fingerprint density at radius 1 is 1.14 bits per heavy atom. The number of nitrogens with zero attached hydrogens (tertiary/aromatic N) is 1. The number of rotatable bonds is 6. The molecular weight excluding hydrogens is 360 g/mol. The summed E-state index contributed by atoms with van der Waals surface area (Å²) in [6.07, 6.45) is 0. The summed E-state index contributed by atoms with van der Waals surface area (Å²) in [6, 6.07) is 13.5. The topological polar surface area (TPSA) is 84.9 Å². The molecule has 3 rings (SSSR count). The second kappa shape index (κ2) is 7.72. The Kier molecular flexibility index (Phi) is 5.35. The summed E-state index contributed by atoms with van der Waals surface area (Å²) in [7, 11) is 1.30. The van der Waals surface area contributed by atoms with E-state index < -0.39 is 17.5 Å². The number of hydrogen-bond donors (Lipinski definition) is 1. The largest absolute Gasteiger partial charge is 0.492 e. The van der Waals surface area contributed by atoms with E-state index in [2.05, 4.69) is 10.1 Å². The second-order valence-corrected chi connectivity index (χ2v) is 6.75. The first-order valence-electron chi connectivity index (χ1n) is 8.87. The highest BCUT2D eigenvalue weighted by Gasteiger charge is 2.48.